The fourth-order valence-corrected chi connectivity index (χ4v) is 2.76. The van der Waals surface area contributed by atoms with Crippen molar-refractivity contribution in [2.75, 3.05) is 18.5 Å². The molecule has 0 radical (unpaired) electrons. The number of aryl methyl sites for hydroxylation is 2. The number of benzene rings is 2. The summed E-state index contributed by atoms with van der Waals surface area (Å²) in [6.07, 6.45) is 0.0250. The molecule has 0 aromatic heterocycles. The van der Waals surface area contributed by atoms with Gasteiger partial charge in [-0.1, -0.05) is 23.7 Å². The second-order valence-corrected chi connectivity index (χ2v) is 7.07. The van der Waals surface area contributed by atoms with Crippen molar-refractivity contribution >= 4 is 34.8 Å². The molecule has 0 heterocycles. The number of hydrogen-bond acceptors (Lipinski definition) is 5. The number of amides is 2. The van der Waals surface area contributed by atoms with E-state index in [1.54, 1.807) is 31.2 Å². The minimum Gasteiger partial charge on any atom is -0.492 e. The van der Waals surface area contributed by atoms with Gasteiger partial charge in [0.05, 0.1) is 18.7 Å². The molecule has 0 atom stereocenters. The van der Waals surface area contributed by atoms with E-state index in [0.717, 1.165) is 11.1 Å². The Morgan fingerprint density at radius 1 is 1.07 bits per heavy atom. The van der Waals surface area contributed by atoms with Gasteiger partial charge in [-0.25, -0.2) is 5.43 Å². The van der Waals surface area contributed by atoms with Crippen LogP contribution in [-0.2, 0) is 9.59 Å². The van der Waals surface area contributed by atoms with Crippen molar-refractivity contribution in [3.05, 3.63) is 52.5 Å². The molecule has 160 valence electrons. The molecule has 0 spiro atoms. The van der Waals surface area contributed by atoms with Crippen molar-refractivity contribution in [2.45, 2.75) is 34.1 Å². The fraction of sp³-hybridized carbons (Fsp3) is 0.318. The van der Waals surface area contributed by atoms with E-state index in [1.807, 2.05) is 32.9 Å². The van der Waals surface area contributed by atoms with Crippen molar-refractivity contribution in [2.24, 2.45) is 5.10 Å². The first kappa shape index (κ1) is 23.2. The molecule has 0 bridgehead atoms. The van der Waals surface area contributed by atoms with Gasteiger partial charge >= 0.3 is 0 Å². The lowest BCUT2D eigenvalue weighted by molar-refractivity contribution is -0.123. The first-order valence-corrected chi connectivity index (χ1v) is 9.91. The van der Waals surface area contributed by atoms with Crippen LogP contribution in [0, 0.1) is 13.8 Å². The predicted molar refractivity (Wildman–Crippen MR) is 119 cm³/mol. The lowest BCUT2D eigenvalue weighted by atomic mass is 10.1. The molecule has 2 rings (SSSR count). The molecule has 0 aliphatic rings. The zero-order valence-corrected chi connectivity index (χ0v) is 18.3. The lowest BCUT2D eigenvalue weighted by Gasteiger charge is -2.11. The van der Waals surface area contributed by atoms with E-state index >= 15 is 0 Å². The van der Waals surface area contributed by atoms with Gasteiger partial charge in [0, 0.05) is 10.7 Å². The fourth-order valence-electron chi connectivity index (χ4n) is 2.65. The number of para-hydroxylation sites is 2. The van der Waals surface area contributed by atoms with Crippen molar-refractivity contribution in [1.82, 2.24) is 5.43 Å². The van der Waals surface area contributed by atoms with E-state index < -0.39 is 5.91 Å². The third-order valence-electron chi connectivity index (χ3n) is 4.03. The Kier molecular flexibility index (Phi) is 8.68. The zero-order chi connectivity index (χ0) is 22.1. The minimum absolute atomic E-state index is 0.0250. The molecule has 0 saturated heterocycles. The minimum atomic E-state index is -0.429. The van der Waals surface area contributed by atoms with Crippen LogP contribution >= 0.6 is 11.6 Å². The van der Waals surface area contributed by atoms with Gasteiger partial charge in [0.25, 0.3) is 5.91 Å². The summed E-state index contributed by atoms with van der Waals surface area (Å²) in [5.74, 6) is 0.460. The topological polar surface area (TPSA) is 89.0 Å². The van der Waals surface area contributed by atoms with Gasteiger partial charge in [-0.3, -0.25) is 9.59 Å². The van der Waals surface area contributed by atoms with Crippen molar-refractivity contribution in [3.8, 4) is 11.5 Å². The van der Waals surface area contributed by atoms with E-state index in [0.29, 0.717) is 34.5 Å². The van der Waals surface area contributed by atoms with Crippen molar-refractivity contribution in [1.29, 1.82) is 0 Å². The number of halogens is 1. The van der Waals surface area contributed by atoms with Crippen LogP contribution in [0.25, 0.3) is 0 Å². The third-order valence-corrected chi connectivity index (χ3v) is 4.62. The van der Waals surface area contributed by atoms with Gasteiger partial charge in [-0.2, -0.15) is 5.10 Å². The highest BCUT2D eigenvalue weighted by Crippen LogP contribution is 2.26. The molecular weight excluding hydrogens is 406 g/mol. The predicted octanol–water partition coefficient (Wildman–Crippen LogP) is 4.26. The third kappa shape index (κ3) is 7.08. The second-order valence-electron chi connectivity index (χ2n) is 6.70. The lowest BCUT2D eigenvalue weighted by Crippen LogP contribution is -2.26. The van der Waals surface area contributed by atoms with Crippen LogP contribution in [0.4, 0.5) is 5.69 Å². The Balaban J connectivity index is 1.83. The maximum atomic E-state index is 12.2. The normalized spacial score (nSPS) is 11.0. The standard InChI is InChI=1S/C22H26ClN3O4/c1-5-29-19-9-7-6-8-18(19)24-20(27)12-16(4)25-26-21(28)13-30-17-10-14(2)22(23)15(3)11-17/h6-11H,5,12-13H2,1-4H3,(H,24,27)(H,26,28). The molecule has 0 unspecified atom stereocenters. The van der Waals surface area contributed by atoms with Crippen LogP contribution in [0.3, 0.4) is 0 Å². The number of nitrogens with zero attached hydrogens (tertiary/aromatic N) is 1. The summed E-state index contributed by atoms with van der Waals surface area (Å²) in [5.41, 5.74) is 5.17. The van der Waals surface area contributed by atoms with Crippen LogP contribution in [0.15, 0.2) is 41.5 Å². The van der Waals surface area contributed by atoms with Gasteiger partial charge in [0.15, 0.2) is 6.61 Å². The van der Waals surface area contributed by atoms with Gasteiger partial charge in [-0.05, 0) is 63.1 Å². The maximum absolute atomic E-state index is 12.2. The number of anilines is 1. The quantitative estimate of drug-likeness (QED) is 0.458. The zero-order valence-electron chi connectivity index (χ0n) is 17.5. The highest BCUT2D eigenvalue weighted by atomic mass is 35.5. The van der Waals surface area contributed by atoms with E-state index in [4.69, 9.17) is 21.1 Å². The molecule has 0 fully saturated rings. The van der Waals surface area contributed by atoms with E-state index in [2.05, 4.69) is 15.8 Å². The number of carbonyl (C=O) groups is 2. The number of rotatable bonds is 9. The van der Waals surface area contributed by atoms with Gasteiger partial charge in [-0.15, -0.1) is 0 Å². The Labute approximate surface area is 181 Å². The van der Waals surface area contributed by atoms with E-state index in [-0.39, 0.29) is 18.9 Å². The number of ether oxygens (including phenoxy) is 2. The summed E-state index contributed by atoms with van der Waals surface area (Å²) in [6, 6.07) is 10.7. The Bertz CT molecular complexity index is 921. The summed E-state index contributed by atoms with van der Waals surface area (Å²) in [4.78, 5) is 24.2. The molecule has 8 heteroatoms. The van der Waals surface area contributed by atoms with Crippen molar-refractivity contribution in [3.63, 3.8) is 0 Å². The van der Waals surface area contributed by atoms with E-state index in [9.17, 15) is 9.59 Å². The number of nitrogens with one attached hydrogen (secondary N) is 2. The maximum Gasteiger partial charge on any atom is 0.277 e. The molecule has 2 aromatic carbocycles. The molecule has 2 amide bonds. The highest BCUT2D eigenvalue weighted by molar-refractivity contribution is 6.32. The molecular formula is C22H26ClN3O4. The van der Waals surface area contributed by atoms with Crippen molar-refractivity contribution < 1.29 is 19.1 Å². The largest absolute Gasteiger partial charge is 0.492 e. The summed E-state index contributed by atoms with van der Waals surface area (Å²) in [7, 11) is 0. The van der Waals surface area contributed by atoms with Crippen LogP contribution in [0.2, 0.25) is 5.02 Å². The van der Waals surface area contributed by atoms with Gasteiger partial charge < -0.3 is 14.8 Å². The van der Waals surface area contributed by atoms with Crippen LogP contribution in [0.1, 0.15) is 31.4 Å². The average molecular weight is 432 g/mol. The van der Waals surface area contributed by atoms with E-state index in [1.165, 1.54) is 0 Å². The summed E-state index contributed by atoms with van der Waals surface area (Å²) >= 11 is 6.12. The number of hydrogen-bond donors (Lipinski definition) is 2. The molecule has 2 aromatic rings. The molecule has 0 aliphatic carbocycles. The molecule has 0 aliphatic heterocycles. The number of carbonyl (C=O) groups excluding carboxylic acids is 2. The SMILES string of the molecule is CCOc1ccccc1NC(=O)CC(C)=NNC(=O)COc1cc(C)c(Cl)c(C)c1. The van der Waals surface area contributed by atoms with Crippen LogP contribution in [0.5, 0.6) is 11.5 Å². The van der Waals surface area contributed by atoms with Crippen LogP contribution < -0.4 is 20.2 Å². The summed E-state index contributed by atoms with van der Waals surface area (Å²) in [5, 5.41) is 7.41. The monoisotopic (exact) mass is 431 g/mol. The number of hydrazone groups is 1. The highest BCUT2D eigenvalue weighted by Gasteiger charge is 2.10. The molecule has 7 nitrogen and oxygen atoms in total. The Morgan fingerprint density at radius 3 is 2.40 bits per heavy atom. The van der Waals surface area contributed by atoms with Crippen LogP contribution in [-0.4, -0.2) is 30.7 Å². The summed E-state index contributed by atoms with van der Waals surface area (Å²) < 4.78 is 11.0. The molecule has 30 heavy (non-hydrogen) atoms. The Morgan fingerprint density at radius 2 is 1.73 bits per heavy atom. The smallest absolute Gasteiger partial charge is 0.277 e. The molecule has 2 N–H and O–H groups in total. The first-order chi connectivity index (χ1) is 14.3. The van der Waals surface area contributed by atoms with Gasteiger partial charge in [0.2, 0.25) is 5.91 Å². The van der Waals surface area contributed by atoms with Gasteiger partial charge in [0.1, 0.15) is 11.5 Å². The summed E-state index contributed by atoms with van der Waals surface area (Å²) in [6.45, 7) is 7.56. The first-order valence-electron chi connectivity index (χ1n) is 9.53. The second kappa shape index (κ2) is 11.2. The Hall–Kier alpha value is -3.06. The molecule has 0 saturated carbocycles. The average Bonchev–Trinajstić information content (AvgIpc) is 2.70.